The third-order valence-corrected chi connectivity index (χ3v) is 3.03. The molecule has 1 aromatic heterocycles. The van der Waals surface area contributed by atoms with Gasteiger partial charge < -0.3 is 5.11 Å². The summed E-state index contributed by atoms with van der Waals surface area (Å²) < 4.78 is 1.75. The number of aromatic nitrogens is 2. The van der Waals surface area contributed by atoms with E-state index in [9.17, 15) is 4.79 Å². The molecule has 0 aliphatic heterocycles. The highest BCUT2D eigenvalue weighted by Gasteiger charge is 2.11. The molecule has 0 aliphatic rings. The molecule has 2 aromatic rings. The third kappa shape index (κ3) is 2.85. The molecule has 0 aliphatic carbocycles. The summed E-state index contributed by atoms with van der Waals surface area (Å²) in [6.45, 7) is 3.73. The number of carboxylic acid groups (broad SMARTS) is 1. The molecule has 0 bridgehead atoms. The summed E-state index contributed by atoms with van der Waals surface area (Å²) in [5.41, 5.74) is 3.30. The van der Waals surface area contributed by atoms with Crippen LogP contribution in [0.1, 0.15) is 17.0 Å². The number of nitrogens with zero attached hydrogens (tertiary/aromatic N) is 2. The van der Waals surface area contributed by atoms with Crippen LogP contribution in [0.25, 0.3) is 11.8 Å². The van der Waals surface area contributed by atoms with Crippen molar-refractivity contribution in [1.82, 2.24) is 9.78 Å². The standard InChI is InChI=1S/C14H13ClN2O2/c1-9-13(6-7-14(18)19)10(2)17(16-9)12-5-3-4-11(15)8-12/h3-8H,1-2H3,(H,18,19)/b7-6+. The Morgan fingerprint density at radius 3 is 2.79 bits per heavy atom. The minimum Gasteiger partial charge on any atom is -0.478 e. The molecule has 98 valence electrons. The highest BCUT2D eigenvalue weighted by atomic mass is 35.5. The van der Waals surface area contributed by atoms with E-state index in [4.69, 9.17) is 16.7 Å². The van der Waals surface area contributed by atoms with Crippen LogP contribution in [0.3, 0.4) is 0 Å². The summed E-state index contributed by atoms with van der Waals surface area (Å²) in [4.78, 5) is 10.6. The number of benzene rings is 1. The molecule has 0 atom stereocenters. The van der Waals surface area contributed by atoms with Crippen molar-refractivity contribution in [1.29, 1.82) is 0 Å². The van der Waals surface area contributed by atoms with Crippen molar-refractivity contribution in [3.8, 4) is 5.69 Å². The van der Waals surface area contributed by atoms with Crippen LogP contribution < -0.4 is 0 Å². The Bertz CT molecular complexity index is 659. The van der Waals surface area contributed by atoms with Crippen molar-refractivity contribution in [2.75, 3.05) is 0 Å². The quantitative estimate of drug-likeness (QED) is 0.876. The molecule has 0 spiro atoms. The second kappa shape index (κ2) is 5.28. The number of hydrogen-bond acceptors (Lipinski definition) is 2. The van der Waals surface area contributed by atoms with Gasteiger partial charge in [-0.05, 0) is 38.1 Å². The SMILES string of the molecule is Cc1nn(-c2cccc(Cl)c2)c(C)c1/C=C/C(=O)O. The van der Waals surface area contributed by atoms with Crippen molar-refractivity contribution in [2.45, 2.75) is 13.8 Å². The van der Waals surface area contributed by atoms with Crippen molar-refractivity contribution < 1.29 is 9.90 Å². The Labute approximate surface area is 115 Å². The Hall–Kier alpha value is -2.07. The van der Waals surface area contributed by atoms with Crippen molar-refractivity contribution in [2.24, 2.45) is 0 Å². The van der Waals surface area contributed by atoms with Gasteiger partial charge in [0.2, 0.25) is 0 Å². The summed E-state index contributed by atoms with van der Waals surface area (Å²) in [5, 5.41) is 13.7. The lowest BCUT2D eigenvalue weighted by Gasteiger charge is -2.04. The van der Waals surface area contributed by atoms with Crippen LogP contribution in [0, 0.1) is 13.8 Å². The first-order chi connectivity index (χ1) is 8.99. The Morgan fingerprint density at radius 1 is 1.42 bits per heavy atom. The van der Waals surface area contributed by atoms with E-state index in [1.165, 1.54) is 0 Å². The van der Waals surface area contributed by atoms with Gasteiger partial charge in [0.25, 0.3) is 0 Å². The van der Waals surface area contributed by atoms with Gasteiger partial charge >= 0.3 is 5.97 Å². The van der Waals surface area contributed by atoms with E-state index in [2.05, 4.69) is 5.10 Å². The monoisotopic (exact) mass is 276 g/mol. The molecular formula is C14H13ClN2O2. The average Bonchev–Trinajstić information content (AvgIpc) is 2.62. The number of halogens is 1. The van der Waals surface area contributed by atoms with Crippen molar-refractivity contribution in [3.63, 3.8) is 0 Å². The Balaban J connectivity index is 2.50. The van der Waals surface area contributed by atoms with Gasteiger partial charge in [-0.25, -0.2) is 9.48 Å². The van der Waals surface area contributed by atoms with Crippen LogP contribution >= 0.6 is 11.6 Å². The first kappa shape index (κ1) is 13.4. The van der Waals surface area contributed by atoms with E-state index in [0.29, 0.717) is 5.02 Å². The van der Waals surface area contributed by atoms with Crippen LogP contribution in [0.2, 0.25) is 5.02 Å². The number of carbonyl (C=O) groups is 1. The van der Waals surface area contributed by atoms with Crippen molar-refractivity contribution >= 4 is 23.6 Å². The van der Waals surface area contributed by atoms with E-state index >= 15 is 0 Å². The van der Waals surface area contributed by atoms with Crippen LogP contribution in [0.15, 0.2) is 30.3 Å². The molecule has 0 saturated carbocycles. The minimum absolute atomic E-state index is 0.632. The van der Waals surface area contributed by atoms with Crippen LogP contribution in [0.4, 0.5) is 0 Å². The minimum atomic E-state index is -0.977. The van der Waals surface area contributed by atoms with E-state index in [0.717, 1.165) is 28.7 Å². The lowest BCUT2D eigenvalue weighted by molar-refractivity contribution is -0.131. The summed E-state index contributed by atoms with van der Waals surface area (Å²) in [7, 11) is 0. The zero-order valence-corrected chi connectivity index (χ0v) is 11.3. The molecule has 1 heterocycles. The second-order valence-electron chi connectivity index (χ2n) is 4.15. The summed E-state index contributed by atoms with van der Waals surface area (Å²) in [6, 6.07) is 7.35. The van der Waals surface area contributed by atoms with E-state index in [-0.39, 0.29) is 0 Å². The van der Waals surface area contributed by atoms with E-state index in [1.54, 1.807) is 16.8 Å². The first-order valence-corrected chi connectivity index (χ1v) is 6.10. The molecule has 1 N–H and O–H groups in total. The highest BCUT2D eigenvalue weighted by Crippen LogP contribution is 2.21. The maximum absolute atomic E-state index is 10.6. The Morgan fingerprint density at radius 2 is 2.16 bits per heavy atom. The van der Waals surface area contributed by atoms with Gasteiger partial charge in [0.1, 0.15) is 0 Å². The zero-order chi connectivity index (χ0) is 14.0. The molecule has 2 rings (SSSR count). The molecule has 1 aromatic carbocycles. The molecule has 19 heavy (non-hydrogen) atoms. The maximum atomic E-state index is 10.6. The maximum Gasteiger partial charge on any atom is 0.328 e. The topological polar surface area (TPSA) is 55.1 Å². The largest absolute Gasteiger partial charge is 0.478 e. The van der Waals surface area contributed by atoms with Gasteiger partial charge in [-0.15, -0.1) is 0 Å². The normalized spacial score (nSPS) is 11.1. The summed E-state index contributed by atoms with van der Waals surface area (Å²) in [6.07, 6.45) is 2.67. The van der Waals surface area contributed by atoms with E-state index in [1.807, 2.05) is 32.0 Å². The molecule has 5 heteroatoms. The first-order valence-electron chi connectivity index (χ1n) is 5.72. The highest BCUT2D eigenvalue weighted by molar-refractivity contribution is 6.30. The third-order valence-electron chi connectivity index (χ3n) is 2.79. The number of aliphatic carboxylic acids is 1. The fourth-order valence-electron chi connectivity index (χ4n) is 1.91. The molecular weight excluding hydrogens is 264 g/mol. The van der Waals surface area contributed by atoms with Crippen LogP contribution in [-0.2, 0) is 4.79 Å². The second-order valence-corrected chi connectivity index (χ2v) is 4.58. The fraction of sp³-hybridized carbons (Fsp3) is 0.143. The summed E-state index contributed by atoms with van der Waals surface area (Å²) >= 11 is 5.96. The van der Waals surface area contributed by atoms with Gasteiger partial charge in [0, 0.05) is 22.4 Å². The number of rotatable bonds is 3. The molecule has 0 saturated heterocycles. The zero-order valence-electron chi connectivity index (χ0n) is 10.6. The smallest absolute Gasteiger partial charge is 0.328 e. The van der Waals surface area contributed by atoms with Crippen molar-refractivity contribution in [3.05, 3.63) is 52.3 Å². The van der Waals surface area contributed by atoms with Gasteiger partial charge in [-0.3, -0.25) is 0 Å². The lowest BCUT2D eigenvalue weighted by Crippen LogP contribution is -1.98. The van der Waals surface area contributed by atoms with Gasteiger partial charge in [-0.1, -0.05) is 17.7 Å². The number of hydrogen-bond donors (Lipinski definition) is 1. The molecule has 4 nitrogen and oxygen atoms in total. The molecule has 0 amide bonds. The van der Waals surface area contributed by atoms with Gasteiger partial charge in [-0.2, -0.15) is 5.10 Å². The summed E-state index contributed by atoms with van der Waals surface area (Å²) in [5.74, 6) is -0.977. The number of carboxylic acids is 1. The predicted molar refractivity (Wildman–Crippen MR) is 74.7 cm³/mol. The molecule has 0 radical (unpaired) electrons. The number of aryl methyl sites for hydroxylation is 1. The fourth-order valence-corrected chi connectivity index (χ4v) is 2.09. The van der Waals surface area contributed by atoms with Gasteiger partial charge in [0.05, 0.1) is 11.4 Å². The van der Waals surface area contributed by atoms with E-state index < -0.39 is 5.97 Å². The van der Waals surface area contributed by atoms with Gasteiger partial charge in [0.15, 0.2) is 0 Å². The van der Waals surface area contributed by atoms with Crippen LogP contribution in [-0.4, -0.2) is 20.9 Å². The molecule has 0 fully saturated rings. The predicted octanol–water partition coefficient (Wildman–Crippen LogP) is 3.24. The lowest BCUT2D eigenvalue weighted by atomic mass is 10.2. The van der Waals surface area contributed by atoms with Crippen LogP contribution in [0.5, 0.6) is 0 Å². The molecule has 0 unspecified atom stereocenters. The average molecular weight is 277 g/mol. The Kier molecular flexibility index (Phi) is 3.71.